The van der Waals surface area contributed by atoms with Crippen LogP contribution in [0.2, 0.25) is 5.02 Å². The second kappa shape index (κ2) is 4.35. The average Bonchev–Trinajstić information content (AvgIpc) is 2.54. The highest BCUT2D eigenvalue weighted by atomic mass is 35.5. The Kier molecular flexibility index (Phi) is 3.19. The fraction of sp³-hybridized carbons (Fsp3) is 0.429. The highest BCUT2D eigenvalue weighted by Gasteiger charge is 2.17. The first-order valence-corrected chi connectivity index (χ1v) is 6.28. The molecule has 2 rings (SSSR count). The molecule has 0 amide bonds. The molecule has 0 bridgehead atoms. The van der Waals surface area contributed by atoms with E-state index in [1.54, 1.807) is 0 Å². The van der Waals surface area contributed by atoms with Gasteiger partial charge in [0.1, 0.15) is 0 Å². The van der Waals surface area contributed by atoms with Crippen LogP contribution >= 0.6 is 11.6 Å². The van der Waals surface area contributed by atoms with Crippen molar-refractivity contribution in [1.29, 1.82) is 0 Å². The molecule has 0 atom stereocenters. The van der Waals surface area contributed by atoms with Gasteiger partial charge in [-0.25, -0.2) is 0 Å². The summed E-state index contributed by atoms with van der Waals surface area (Å²) >= 11 is 6.04. The van der Waals surface area contributed by atoms with Gasteiger partial charge in [-0.1, -0.05) is 11.6 Å². The van der Waals surface area contributed by atoms with Crippen LogP contribution in [0.5, 0.6) is 0 Å². The van der Waals surface area contributed by atoms with Gasteiger partial charge in [0, 0.05) is 35.1 Å². The first kappa shape index (κ1) is 12.5. The zero-order valence-corrected chi connectivity index (χ0v) is 11.3. The molecule has 0 aliphatic rings. The number of rotatable bonds is 3. The van der Waals surface area contributed by atoms with Gasteiger partial charge in [0.2, 0.25) is 0 Å². The van der Waals surface area contributed by atoms with Crippen molar-refractivity contribution < 1.29 is 5.11 Å². The van der Waals surface area contributed by atoms with Crippen LogP contribution in [0.15, 0.2) is 24.4 Å². The van der Waals surface area contributed by atoms with Crippen molar-refractivity contribution in [2.45, 2.75) is 39.3 Å². The Labute approximate surface area is 107 Å². The molecule has 0 spiro atoms. The number of hydrogen-bond donors (Lipinski definition) is 1. The van der Waals surface area contributed by atoms with E-state index in [1.807, 2.05) is 32.0 Å². The van der Waals surface area contributed by atoms with E-state index < -0.39 is 5.60 Å². The van der Waals surface area contributed by atoms with Crippen molar-refractivity contribution in [3.63, 3.8) is 0 Å². The van der Waals surface area contributed by atoms with Gasteiger partial charge in [-0.15, -0.1) is 0 Å². The van der Waals surface area contributed by atoms with Crippen molar-refractivity contribution in [2.75, 3.05) is 0 Å². The van der Waals surface area contributed by atoms with Gasteiger partial charge in [0.25, 0.3) is 0 Å². The summed E-state index contributed by atoms with van der Waals surface area (Å²) in [5.74, 6) is 0. The second-order valence-electron chi connectivity index (χ2n) is 5.09. The molecule has 1 N–H and O–H groups in total. The van der Waals surface area contributed by atoms with Gasteiger partial charge in [0.15, 0.2) is 0 Å². The lowest BCUT2D eigenvalue weighted by molar-refractivity contribution is 0.0813. The molecule has 0 unspecified atom stereocenters. The molecule has 1 heterocycles. The van der Waals surface area contributed by atoms with Crippen LogP contribution in [0, 0.1) is 0 Å². The smallest absolute Gasteiger partial charge is 0.0632 e. The summed E-state index contributed by atoms with van der Waals surface area (Å²) in [6, 6.07) is 5.92. The molecule has 0 radical (unpaired) electrons. The molecular weight excluding hydrogens is 234 g/mol. The molecule has 0 fully saturated rings. The molecule has 0 saturated carbocycles. The molecule has 3 heteroatoms. The summed E-state index contributed by atoms with van der Waals surface area (Å²) < 4.78 is 2.19. The van der Waals surface area contributed by atoms with E-state index in [2.05, 4.69) is 17.7 Å². The Hall–Kier alpha value is -0.990. The van der Waals surface area contributed by atoms with Gasteiger partial charge >= 0.3 is 0 Å². The number of halogens is 1. The molecule has 0 aliphatic heterocycles. The summed E-state index contributed by atoms with van der Waals surface area (Å²) in [7, 11) is 0. The summed E-state index contributed by atoms with van der Waals surface area (Å²) in [5.41, 5.74) is 1.63. The fourth-order valence-corrected chi connectivity index (χ4v) is 2.38. The minimum Gasteiger partial charge on any atom is -0.390 e. The highest BCUT2D eigenvalue weighted by molar-refractivity contribution is 6.31. The summed E-state index contributed by atoms with van der Waals surface area (Å²) in [5, 5.41) is 11.8. The van der Waals surface area contributed by atoms with Crippen LogP contribution in [0.3, 0.4) is 0 Å². The van der Waals surface area contributed by atoms with E-state index in [4.69, 9.17) is 11.6 Å². The zero-order valence-electron chi connectivity index (χ0n) is 10.5. The lowest BCUT2D eigenvalue weighted by Gasteiger charge is -2.16. The maximum Gasteiger partial charge on any atom is 0.0632 e. The Morgan fingerprint density at radius 2 is 2.06 bits per heavy atom. The number of aliphatic hydroxyl groups is 1. The van der Waals surface area contributed by atoms with E-state index >= 15 is 0 Å². The fourth-order valence-electron chi connectivity index (χ4n) is 2.21. The largest absolute Gasteiger partial charge is 0.390 e. The van der Waals surface area contributed by atoms with Crippen molar-refractivity contribution in [2.24, 2.45) is 0 Å². The minimum atomic E-state index is -0.699. The average molecular weight is 252 g/mol. The third-order valence-electron chi connectivity index (χ3n) is 2.89. The Bertz CT molecular complexity index is 537. The Balaban J connectivity index is 2.58. The zero-order chi connectivity index (χ0) is 12.6. The maximum absolute atomic E-state index is 9.94. The molecule has 1 aromatic carbocycles. The first-order valence-electron chi connectivity index (χ1n) is 5.90. The molecule has 1 aromatic heterocycles. The molecule has 2 aromatic rings. The van der Waals surface area contributed by atoms with Crippen molar-refractivity contribution in [1.82, 2.24) is 4.57 Å². The van der Waals surface area contributed by atoms with Crippen LogP contribution in [-0.2, 0) is 13.0 Å². The van der Waals surface area contributed by atoms with Crippen LogP contribution in [0.4, 0.5) is 0 Å². The molecule has 0 aliphatic carbocycles. The number of benzene rings is 1. The van der Waals surface area contributed by atoms with Gasteiger partial charge in [0.05, 0.1) is 5.60 Å². The minimum absolute atomic E-state index is 0.636. The predicted octanol–water partition coefficient (Wildman–Crippen LogP) is 3.63. The van der Waals surface area contributed by atoms with E-state index in [0.717, 1.165) is 22.5 Å². The summed E-state index contributed by atoms with van der Waals surface area (Å²) in [4.78, 5) is 0. The number of fused-ring (bicyclic) bond motifs is 1. The second-order valence-corrected chi connectivity index (χ2v) is 5.53. The third-order valence-corrected chi connectivity index (χ3v) is 3.12. The van der Waals surface area contributed by atoms with Crippen LogP contribution in [0.25, 0.3) is 10.9 Å². The Morgan fingerprint density at radius 1 is 1.35 bits per heavy atom. The van der Waals surface area contributed by atoms with Crippen molar-refractivity contribution in [3.05, 3.63) is 35.0 Å². The lowest BCUT2D eigenvalue weighted by atomic mass is 9.98. The van der Waals surface area contributed by atoms with Gasteiger partial charge < -0.3 is 9.67 Å². The van der Waals surface area contributed by atoms with Crippen LogP contribution in [0.1, 0.15) is 26.3 Å². The molecule has 17 heavy (non-hydrogen) atoms. The monoisotopic (exact) mass is 251 g/mol. The molecular formula is C14H18ClNO. The molecule has 92 valence electrons. The molecule has 2 nitrogen and oxygen atoms in total. The van der Waals surface area contributed by atoms with Crippen LogP contribution in [-0.4, -0.2) is 15.3 Å². The number of aromatic nitrogens is 1. The Morgan fingerprint density at radius 3 is 2.65 bits per heavy atom. The van der Waals surface area contributed by atoms with E-state index in [1.165, 1.54) is 5.52 Å². The SMILES string of the molecule is CCn1cc(CC(C)(C)O)c2cc(Cl)ccc21. The lowest BCUT2D eigenvalue weighted by Crippen LogP contribution is -2.21. The van der Waals surface area contributed by atoms with Crippen molar-refractivity contribution in [3.8, 4) is 0 Å². The number of nitrogens with zero attached hydrogens (tertiary/aromatic N) is 1. The quantitative estimate of drug-likeness (QED) is 0.886. The molecule has 0 saturated heterocycles. The summed E-state index contributed by atoms with van der Waals surface area (Å²) in [6.45, 7) is 6.69. The first-order chi connectivity index (χ1) is 7.90. The van der Waals surface area contributed by atoms with Crippen LogP contribution < -0.4 is 0 Å². The number of aryl methyl sites for hydroxylation is 1. The standard InChI is InChI=1S/C14H18ClNO/c1-4-16-9-10(8-14(2,3)17)12-7-11(15)5-6-13(12)16/h5-7,9,17H,4,8H2,1-3H3. The van der Waals surface area contributed by atoms with E-state index in [0.29, 0.717) is 6.42 Å². The van der Waals surface area contributed by atoms with Gasteiger partial charge in [-0.2, -0.15) is 0 Å². The number of hydrogen-bond acceptors (Lipinski definition) is 1. The maximum atomic E-state index is 9.94. The van der Waals surface area contributed by atoms with Gasteiger partial charge in [-0.3, -0.25) is 0 Å². The highest BCUT2D eigenvalue weighted by Crippen LogP contribution is 2.27. The van der Waals surface area contributed by atoms with E-state index in [-0.39, 0.29) is 0 Å². The predicted molar refractivity (Wildman–Crippen MR) is 72.6 cm³/mol. The van der Waals surface area contributed by atoms with E-state index in [9.17, 15) is 5.11 Å². The van der Waals surface area contributed by atoms with Gasteiger partial charge in [-0.05, 0) is 44.5 Å². The summed E-state index contributed by atoms with van der Waals surface area (Å²) in [6.07, 6.45) is 2.75. The topological polar surface area (TPSA) is 25.2 Å². The normalized spacial score (nSPS) is 12.3. The third kappa shape index (κ3) is 2.64. The van der Waals surface area contributed by atoms with Crippen molar-refractivity contribution >= 4 is 22.5 Å².